The van der Waals surface area contributed by atoms with Crippen molar-refractivity contribution in [2.75, 3.05) is 6.61 Å². The van der Waals surface area contributed by atoms with Crippen LogP contribution in [0.2, 0.25) is 0 Å². The van der Waals surface area contributed by atoms with Crippen molar-refractivity contribution in [3.63, 3.8) is 0 Å². The fraction of sp³-hybridized carbons (Fsp3) is 0.727. The van der Waals surface area contributed by atoms with Crippen molar-refractivity contribution in [1.82, 2.24) is 10.1 Å². The van der Waals surface area contributed by atoms with E-state index in [1.54, 1.807) is 0 Å². The number of hydrogen-bond acceptors (Lipinski definition) is 5. The van der Waals surface area contributed by atoms with E-state index in [-0.39, 0.29) is 5.60 Å². The lowest BCUT2D eigenvalue weighted by molar-refractivity contribution is 0.00768. The van der Waals surface area contributed by atoms with Crippen molar-refractivity contribution in [1.29, 1.82) is 5.26 Å². The molecule has 2 heterocycles. The number of aryl methyl sites for hydroxylation is 1. The molecule has 16 heavy (non-hydrogen) atoms. The fourth-order valence-corrected chi connectivity index (χ4v) is 1.85. The molecule has 1 fully saturated rings. The minimum Gasteiger partial charge on any atom is -0.367 e. The molecule has 86 valence electrons. The van der Waals surface area contributed by atoms with Crippen LogP contribution in [0, 0.1) is 11.3 Å². The summed E-state index contributed by atoms with van der Waals surface area (Å²) in [7, 11) is 0. The van der Waals surface area contributed by atoms with E-state index in [1.165, 1.54) is 0 Å². The molecule has 5 nitrogen and oxygen atoms in total. The minimum absolute atomic E-state index is 0.378. The van der Waals surface area contributed by atoms with Gasteiger partial charge in [0.25, 0.3) is 0 Å². The lowest BCUT2D eigenvalue weighted by Gasteiger charge is -2.17. The van der Waals surface area contributed by atoms with Gasteiger partial charge < -0.3 is 9.26 Å². The van der Waals surface area contributed by atoms with E-state index >= 15 is 0 Å². The van der Waals surface area contributed by atoms with E-state index in [4.69, 9.17) is 14.5 Å². The molecule has 0 spiro atoms. The number of aromatic nitrogens is 2. The van der Waals surface area contributed by atoms with Crippen molar-refractivity contribution in [2.45, 2.75) is 44.6 Å². The van der Waals surface area contributed by atoms with Gasteiger partial charge in [-0.1, -0.05) is 5.16 Å². The Morgan fingerprint density at radius 1 is 1.56 bits per heavy atom. The number of ether oxygens (including phenoxy) is 1. The van der Waals surface area contributed by atoms with E-state index in [9.17, 15) is 0 Å². The van der Waals surface area contributed by atoms with Crippen LogP contribution in [0.25, 0.3) is 0 Å². The number of hydrogen-bond donors (Lipinski definition) is 0. The summed E-state index contributed by atoms with van der Waals surface area (Å²) in [6.45, 7) is 2.75. The second kappa shape index (κ2) is 4.62. The summed E-state index contributed by atoms with van der Waals surface area (Å²) in [5.74, 6) is 1.24. The zero-order valence-electron chi connectivity index (χ0n) is 9.40. The molecule has 1 aliphatic heterocycles. The molecular formula is C11H15N3O2. The number of nitriles is 1. The molecule has 1 atom stereocenters. The molecule has 0 aromatic carbocycles. The first-order chi connectivity index (χ1) is 7.74. The molecule has 0 saturated carbocycles. The topological polar surface area (TPSA) is 71.9 Å². The van der Waals surface area contributed by atoms with Gasteiger partial charge in [-0.05, 0) is 26.2 Å². The molecule has 0 amide bonds. The summed E-state index contributed by atoms with van der Waals surface area (Å²) < 4.78 is 10.8. The summed E-state index contributed by atoms with van der Waals surface area (Å²) >= 11 is 0. The second-order valence-electron chi connectivity index (χ2n) is 4.21. The largest absolute Gasteiger partial charge is 0.367 e. The first kappa shape index (κ1) is 11.1. The van der Waals surface area contributed by atoms with E-state index < -0.39 is 0 Å². The highest BCUT2D eigenvalue weighted by Gasteiger charge is 2.36. The molecule has 1 aromatic rings. The van der Waals surface area contributed by atoms with Crippen LogP contribution in [-0.2, 0) is 16.8 Å². The van der Waals surface area contributed by atoms with Crippen LogP contribution >= 0.6 is 0 Å². The normalized spacial score (nSPS) is 24.5. The van der Waals surface area contributed by atoms with Crippen molar-refractivity contribution in [2.24, 2.45) is 0 Å². The Balaban J connectivity index is 1.99. The maximum atomic E-state index is 8.43. The maximum absolute atomic E-state index is 8.43. The second-order valence-corrected chi connectivity index (χ2v) is 4.21. The summed E-state index contributed by atoms with van der Waals surface area (Å²) in [6.07, 6.45) is 3.91. The third-order valence-corrected chi connectivity index (χ3v) is 2.84. The molecule has 5 heteroatoms. The molecule has 1 saturated heterocycles. The van der Waals surface area contributed by atoms with Crippen molar-refractivity contribution in [3.8, 4) is 6.07 Å². The van der Waals surface area contributed by atoms with Gasteiger partial charge in [-0.25, -0.2) is 0 Å². The van der Waals surface area contributed by atoms with Crippen LogP contribution in [0.4, 0.5) is 0 Å². The van der Waals surface area contributed by atoms with Crippen LogP contribution in [-0.4, -0.2) is 16.7 Å². The van der Waals surface area contributed by atoms with E-state index in [1.807, 2.05) is 6.92 Å². The molecule has 1 unspecified atom stereocenters. The standard InChI is InChI=1S/C11H15N3O2/c1-11(6-4-8-15-11)10-13-9(16-14-10)5-2-3-7-12/h2-6,8H2,1H3. The number of unbranched alkanes of at least 4 members (excludes halogenated alkanes) is 1. The first-order valence-corrected chi connectivity index (χ1v) is 5.58. The highest BCUT2D eigenvalue weighted by atomic mass is 16.5. The van der Waals surface area contributed by atoms with Crippen LogP contribution < -0.4 is 0 Å². The summed E-state index contributed by atoms with van der Waals surface area (Å²) in [4.78, 5) is 4.32. The molecular weight excluding hydrogens is 206 g/mol. The third kappa shape index (κ3) is 2.22. The molecule has 1 aromatic heterocycles. The third-order valence-electron chi connectivity index (χ3n) is 2.84. The lowest BCUT2D eigenvalue weighted by Crippen LogP contribution is -2.21. The summed E-state index contributed by atoms with van der Waals surface area (Å²) in [5.41, 5.74) is -0.378. The molecule has 0 bridgehead atoms. The van der Waals surface area contributed by atoms with Gasteiger partial charge >= 0.3 is 0 Å². The fourth-order valence-electron chi connectivity index (χ4n) is 1.85. The van der Waals surface area contributed by atoms with Gasteiger partial charge in [-0.2, -0.15) is 10.2 Å². The summed E-state index contributed by atoms with van der Waals surface area (Å²) in [6, 6.07) is 2.09. The SMILES string of the molecule is CC1(c2noc(CCCC#N)n2)CCCO1. The van der Waals surface area contributed by atoms with Crippen molar-refractivity contribution < 1.29 is 9.26 Å². The predicted octanol–water partition coefficient (Wildman–Crippen LogP) is 1.94. The predicted molar refractivity (Wildman–Crippen MR) is 55.4 cm³/mol. The van der Waals surface area contributed by atoms with E-state index in [2.05, 4.69) is 16.2 Å². The Bertz CT molecular complexity index is 388. The molecule has 0 N–H and O–H groups in total. The number of rotatable bonds is 4. The average Bonchev–Trinajstić information content (AvgIpc) is 2.88. The van der Waals surface area contributed by atoms with Gasteiger partial charge in [0.05, 0.1) is 6.07 Å². The van der Waals surface area contributed by atoms with Gasteiger partial charge in [0, 0.05) is 19.4 Å². The van der Waals surface area contributed by atoms with Crippen LogP contribution in [0.3, 0.4) is 0 Å². The van der Waals surface area contributed by atoms with E-state index in [0.29, 0.717) is 24.6 Å². The van der Waals surface area contributed by atoms with E-state index in [0.717, 1.165) is 25.9 Å². The lowest BCUT2D eigenvalue weighted by atomic mass is 10.0. The van der Waals surface area contributed by atoms with Gasteiger partial charge in [0.1, 0.15) is 5.60 Å². The minimum atomic E-state index is -0.378. The quantitative estimate of drug-likeness (QED) is 0.726. The zero-order chi connectivity index (χ0) is 11.4. The smallest absolute Gasteiger partial charge is 0.226 e. The highest BCUT2D eigenvalue weighted by Crippen LogP contribution is 2.33. The van der Waals surface area contributed by atoms with Crippen molar-refractivity contribution in [3.05, 3.63) is 11.7 Å². The molecule has 1 aliphatic rings. The Morgan fingerprint density at radius 2 is 2.44 bits per heavy atom. The number of nitrogens with zero attached hydrogens (tertiary/aromatic N) is 3. The first-order valence-electron chi connectivity index (χ1n) is 5.58. The Kier molecular flexibility index (Phi) is 3.20. The Hall–Kier alpha value is -1.41. The maximum Gasteiger partial charge on any atom is 0.226 e. The Morgan fingerprint density at radius 3 is 3.12 bits per heavy atom. The van der Waals surface area contributed by atoms with Crippen LogP contribution in [0.5, 0.6) is 0 Å². The van der Waals surface area contributed by atoms with Crippen molar-refractivity contribution >= 4 is 0 Å². The van der Waals surface area contributed by atoms with Gasteiger partial charge in [0.2, 0.25) is 11.7 Å². The monoisotopic (exact) mass is 221 g/mol. The van der Waals surface area contributed by atoms with Gasteiger partial charge in [0.15, 0.2) is 0 Å². The Labute approximate surface area is 94.4 Å². The van der Waals surface area contributed by atoms with Crippen LogP contribution in [0.1, 0.15) is 44.3 Å². The van der Waals surface area contributed by atoms with Gasteiger partial charge in [-0.3, -0.25) is 0 Å². The zero-order valence-corrected chi connectivity index (χ0v) is 9.40. The highest BCUT2D eigenvalue weighted by molar-refractivity contribution is 5.01. The average molecular weight is 221 g/mol. The van der Waals surface area contributed by atoms with Crippen LogP contribution in [0.15, 0.2) is 4.52 Å². The summed E-state index contributed by atoms with van der Waals surface area (Å²) in [5, 5.41) is 12.4. The molecule has 0 aliphatic carbocycles. The molecule has 0 radical (unpaired) electrons. The molecule has 2 rings (SSSR count). The van der Waals surface area contributed by atoms with Gasteiger partial charge in [-0.15, -0.1) is 0 Å².